The average Bonchev–Trinajstić information content (AvgIpc) is 2.96. The van der Waals surface area contributed by atoms with Crippen LogP contribution in [-0.4, -0.2) is 38.4 Å². The van der Waals surface area contributed by atoms with Crippen LogP contribution in [0.4, 0.5) is 0 Å². The van der Waals surface area contributed by atoms with Crippen LogP contribution in [0.3, 0.4) is 0 Å². The van der Waals surface area contributed by atoms with Gasteiger partial charge >= 0.3 is 0 Å². The number of amides is 1. The topological polar surface area (TPSA) is 74.8 Å². The van der Waals surface area contributed by atoms with E-state index in [9.17, 15) is 10.1 Å². The largest absolute Gasteiger partial charge is 0.337 e. The van der Waals surface area contributed by atoms with Gasteiger partial charge in [0, 0.05) is 25.8 Å². The zero-order chi connectivity index (χ0) is 17.3. The van der Waals surface area contributed by atoms with Crippen LogP contribution >= 0.6 is 0 Å². The molecular weight excluding hydrogens is 302 g/mol. The first-order valence-electron chi connectivity index (χ1n) is 8.43. The highest BCUT2D eigenvalue weighted by Gasteiger charge is 2.33. The standard InChI is InChI=1S/C18H23N5O/c1-13(2)9-23-12-21-15-7-14(8-20-16(15)23)17(24)22-6-4-5-18(3,10-19)11-22/h7-8,12-13H,4-6,9,11H2,1-3H3. The number of piperidine rings is 1. The third kappa shape index (κ3) is 3.12. The molecule has 1 aliphatic rings. The van der Waals surface area contributed by atoms with Crippen molar-refractivity contribution in [3.05, 3.63) is 24.2 Å². The van der Waals surface area contributed by atoms with Gasteiger partial charge in [0.1, 0.15) is 5.52 Å². The molecule has 0 bridgehead atoms. The lowest BCUT2D eigenvalue weighted by molar-refractivity contribution is 0.0630. The fraction of sp³-hybridized carbons (Fsp3) is 0.556. The fourth-order valence-electron chi connectivity index (χ4n) is 3.28. The maximum absolute atomic E-state index is 12.8. The number of carbonyl (C=O) groups excluding carboxylic acids is 1. The Labute approximate surface area is 142 Å². The van der Waals surface area contributed by atoms with Gasteiger partial charge in [0.15, 0.2) is 5.65 Å². The number of imidazole rings is 1. The van der Waals surface area contributed by atoms with Crippen molar-refractivity contribution < 1.29 is 4.79 Å². The minimum atomic E-state index is -0.454. The van der Waals surface area contributed by atoms with Crippen molar-refractivity contribution in [2.45, 2.75) is 40.2 Å². The first kappa shape index (κ1) is 16.4. The molecule has 6 nitrogen and oxygen atoms in total. The molecule has 0 saturated carbocycles. The first-order valence-corrected chi connectivity index (χ1v) is 8.43. The number of carbonyl (C=O) groups is 1. The highest BCUT2D eigenvalue weighted by molar-refractivity contribution is 5.96. The highest BCUT2D eigenvalue weighted by Crippen LogP contribution is 2.29. The fourth-order valence-corrected chi connectivity index (χ4v) is 3.28. The summed E-state index contributed by atoms with van der Waals surface area (Å²) in [5, 5.41) is 9.32. The minimum Gasteiger partial charge on any atom is -0.337 e. The Bertz CT molecular complexity index is 803. The van der Waals surface area contributed by atoms with Crippen LogP contribution in [0.1, 0.15) is 44.0 Å². The second kappa shape index (κ2) is 6.23. The van der Waals surface area contributed by atoms with E-state index in [1.807, 2.05) is 11.5 Å². The van der Waals surface area contributed by atoms with Gasteiger partial charge in [-0.2, -0.15) is 5.26 Å². The summed E-state index contributed by atoms with van der Waals surface area (Å²) in [5.41, 5.74) is 1.63. The van der Waals surface area contributed by atoms with E-state index in [1.165, 1.54) is 0 Å². The molecule has 24 heavy (non-hydrogen) atoms. The van der Waals surface area contributed by atoms with Gasteiger partial charge in [-0.25, -0.2) is 9.97 Å². The van der Waals surface area contributed by atoms with Gasteiger partial charge in [0.05, 0.1) is 23.4 Å². The number of hydrogen-bond donors (Lipinski definition) is 0. The summed E-state index contributed by atoms with van der Waals surface area (Å²) in [7, 11) is 0. The summed E-state index contributed by atoms with van der Waals surface area (Å²) in [4.78, 5) is 23.4. The molecule has 126 valence electrons. The van der Waals surface area contributed by atoms with Crippen molar-refractivity contribution in [1.82, 2.24) is 19.4 Å². The Balaban J connectivity index is 1.84. The predicted molar refractivity (Wildman–Crippen MR) is 91.2 cm³/mol. The second-order valence-electron chi connectivity index (χ2n) is 7.36. The van der Waals surface area contributed by atoms with Crippen LogP contribution in [0.25, 0.3) is 11.2 Å². The number of rotatable bonds is 3. The number of aromatic nitrogens is 3. The van der Waals surface area contributed by atoms with Crippen molar-refractivity contribution in [3.8, 4) is 6.07 Å². The Hall–Kier alpha value is -2.42. The normalized spacial score (nSPS) is 21.2. The first-order chi connectivity index (χ1) is 11.4. The van der Waals surface area contributed by atoms with Gasteiger partial charge in [-0.3, -0.25) is 4.79 Å². The molecule has 0 aromatic carbocycles. The Morgan fingerprint density at radius 1 is 1.46 bits per heavy atom. The lowest BCUT2D eigenvalue weighted by Crippen LogP contribution is -2.44. The van der Waals surface area contributed by atoms with E-state index in [-0.39, 0.29) is 5.91 Å². The molecule has 6 heteroatoms. The summed E-state index contributed by atoms with van der Waals surface area (Å²) >= 11 is 0. The van der Waals surface area contributed by atoms with Crippen LogP contribution in [-0.2, 0) is 6.54 Å². The summed E-state index contributed by atoms with van der Waals surface area (Å²) in [5.74, 6) is 0.437. The van der Waals surface area contributed by atoms with E-state index in [4.69, 9.17) is 0 Å². The molecule has 2 aromatic heterocycles. The van der Waals surface area contributed by atoms with Crippen LogP contribution in [0.15, 0.2) is 18.6 Å². The zero-order valence-corrected chi connectivity index (χ0v) is 14.5. The van der Waals surface area contributed by atoms with Crippen molar-refractivity contribution in [2.24, 2.45) is 11.3 Å². The molecule has 1 atom stereocenters. The number of hydrogen-bond acceptors (Lipinski definition) is 4. The number of pyridine rings is 1. The molecule has 1 fully saturated rings. The Kier molecular flexibility index (Phi) is 4.27. The smallest absolute Gasteiger partial charge is 0.255 e. The number of fused-ring (bicyclic) bond motifs is 1. The van der Waals surface area contributed by atoms with Gasteiger partial charge in [0.2, 0.25) is 0 Å². The van der Waals surface area contributed by atoms with Gasteiger partial charge in [-0.15, -0.1) is 0 Å². The van der Waals surface area contributed by atoms with E-state index in [1.54, 1.807) is 23.5 Å². The quantitative estimate of drug-likeness (QED) is 0.869. The van der Waals surface area contributed by atoms with E-state index in [0.717, 1.165) is 30.6 Å². The third-order valence-electron chi connectivity index (χ3n) is 4.52. The van der Waals surface area contributed by atoms with Crippen molar-refractivity contribution >= 4 is 17.1 Å². The summed E-state index contributed by atoms with van der Waals surface area (Å²) in [6, 6.07) is 4.15. The number of likely N-dealkylation sites (tertiary alicyclic amines) is 1. The molecular formula is C18H23N5O. The average molecular weight is 325 g/mol. The molecule has 0 aliphatic carbocycles. The summed E-state index contributed by atoms with van der Waals surface area (Å²) in [6.45, 7) is 8.22. The highest BCUT2D eigenvalue weighted by atomic mass is 16.2. The molecule has 0 N–H and O–H groups in total. The minimum absolute atomic E-state index is 0.0658. The van der Waals surface area contributed by atoms with Crippen LogP contribution < -0.4 is 0 Å². The molecule has 1 unspecified atom stereocenters. The molecule has 1 amide bonds. The van der Waals surface area contributed by atoms with Crippen LogP contribution in [0, 0.1) is 22.7 Å². The van der Waals surface area contributed by atoms with Crippen LogP contribution in [0.2, 0.25) is 0 Å². The SMILES string of the molecule is CC(C)Cn1cnc2cc(C(=O)N3CCCC(C)(C#N)C3)cnc21. The monoisotopic (exact) mass is 325 g/mol. The van der Waals surface area contributed by atoms with Gasteiger partial charge in [-0.05, 0) is 31.7 Å². The molecule has 1 saturated heterocycles. The predicted octanol–water partition coefficient (Wildman–Crippen LogP) is 2.85. The van der Waals surface area contributed by atoms with Crippen molar-refractivity contribution in [3.63, 3.8) is 0 Å². The maximum Gasteiger partial charge on any atom is 0.255 e. The van der Waals surface area contributed by atoms with Gasteiger partial charge < -0.3 is 9.47 Å². The van der Waals surface area contributed by atoms with Crippen molar-refractivity contribution in [1.29, 1.82) is 5.26 Å². The molecule has 2 aromatic rings. The van der Waals surface area contributed by atoms with E-state index >= 15 is 0 Å². The van der Waals surface area contributed by atoms with Crippen molar-refractivity contribution in [2.75, 3.05) is 13.1 Å². The van der Waals surface area contributed by atoms with Gasteiger partial charge in [-0.1, -0.05) is 13.8 Å². The maximum atomic E-state index is 12.8. The molecule has 0 spiro atoms. The van der Waals surface area contributed by atoms with E-state index in [0.29, 0.717) is 24.6 Å². The van der Waals surface area contributed by atoms with Gasteiger partial charge in [0.25, 0.3) is 5.91 Å². The van der Waals surface area contributed by atoms with E-state index < -0.39 is 5.41 Å². The lowest BCUT2D eigenvalue weighted by atomic mass is 9.83. The zero-order valence-electron chi connectivity index (χ0n) is 14.5. The lowest BCUT2D eigenvalue weighted by Gasteiger charge is -2.35. The Morgan fingerprint density at radius 3 is 2.96 bits per heavy atom. The number of nitriles is 1. The van der Waals surface area contributed by atoms with E-state index in [2.05, 4.69) is 29.9 Å². The Morgan fingerprint density at radius 2 is 2.25 bits per heavy atom. The third-order valence-corrected chi connectivity index (χ3v) is 4.52. The molecule has 0 radical (unpaired) electrons. The number of nitrogens with zero attached hydrogens (tertiary/aromatic N) is 5. The van der Waals surface area contributed by atoms with Crippen LogP contribution in [0.5, 0.6) is 0 Å². The molecule has 3 rings (SSSR count). The second-order valence-corrected chi connectivity index (χ2v) is 7.36. The molecule has 1 aliphatic heterocycles. The summed E-state index contributed by atoms with van der Waals surface area (Å²) in [6.07, 6.45) is 5.10. The summed E-state index contributed by atoms with van der Waals surface area (Å²) < 4.78 is 2.02. The molecule has 3 heterocycles.